The van der Waals surface area contributed by atoms with E-state index in [1.54, 1.807) is 0 Å². The molecule has 0 saturated carbocycles. The largest absolute Gasteiger partial charge is 0.375 e. The first-order valence-corrected chi connectivity index (χ1v) is 9.30. The Morgan fingerprint density at radius 3 is 2.57 bits per heavy atom. The molecule has 1 amide bonds. The number of ether oxygens (including phenoxy) is 1. The van der Waals surface area contributed by atoms with Gasteiger partial charge in [0.15, 0.2) is 5.13 Å². The highest BCUT2D eigenvalue weighted by Crippen LogP contribution is 2.26. The van der Waals surface area contributed by atoms with Gasteiger partial charge >= 0.3 is 0 Å². The second kappa shape index (κ2) is 8.11. The van der Waals surface area contributed by atoms with E-state index in [-0.39, 0.29) is 18.6 Å². The quantitative estimate of drug-likeness (QED) is 0.829. The summed E-state index contributed by atoms with van der Waals surface area (Å²) in [5.41, 5.74) is 6.80. The van der Waals surface area contributed by atoms with Gasteiger partial charge in [-0.1, -0.05) is 27.7 Å². The first-order valence-electron chi connectivity index (χ1n) is 8.48. The molecule has 0 saturated heterocycles. The molecule has 23 heavy (non-hydrogen) atoms. The monoisotopic (exact) mass is 339 g/mol. The van der Waals surface area contributed by atoms with Crippen molar-refractivity contribution in [2.75, 3.05) is 18.9 Å². The van der Waals surface area contributed by atoms with Crippen LogP contribution in [0.3, 0.4) is 0 Å². The minimum Gasteiger partial charge on any atom is -0.375 e. The molecule has 0 aromatic carbocycles. The number of hydrogen-bond donors (Lipinski definition) is 1. The van der Waals surface area contributed by atoms with E-state index in [4.69, 9.17) is 10.5 Å². The third kappa shape index (κ3) is 5.46. The van der Waals surface area contributed by atoms with Crippen LogP contribution < -0.4 is 5.73 Å². The molecular formula is C17H29N3O2S. The fourth-order valence-corrected chi connectivity index (χ4v) is 3.89. The Morgan fingerprint density at radius 2 is 1.96 bits per heavy atom. The smallest absolute Gasteiger partial charge is 0.248 e. The third-order valence-electron chi connectivity index (χ3n) is 4.01. The molecule has 0 unspecified atom stereocenters. The lowest BCUT2D eigenvalue weighted by atomic mass is 9.98. The van der Waals surface area contributed by atoms with Gasteiger partial charge in [-0.15, -0.1) is 11.3 Å². The summed E-state index contributed by atoms with van der Waals surface area (Å²) < 4.78 is 5.94. The summed E-state index contributed by atoms with van der Waals surface area (Å²) in [5, 5.41) is 0.592. The van der Waals surface area contributed by atoms with Gasteiger partial charge < -0.3 is 15.4 Å². The summed E-state index contributed by atoms with van der Waals surface area (Å²) >= 11 is 1.48. The van der Waals surface area contributed by atoms with Gasteiger partial charge in [-0.05, 0) is 24.7 Å². The summed E-state index contributed by atoms with van der Waals surface area (Å²) in [6.07, 6.45) is 2.95. The highest BCUT2D eigenvalue weighted by Gasteiger charge is 2.24. The van der Waals surface area contributed by atoms with Crippen molar-refractivity contribution >= 4 is 22.4 Å². The predicted molar refractivity (Wildman–Crippen MR) is 94.3 cm³/mol. The number of aromatic nitrogens is 1. The zero-order valence-corrected chi connectivity index (χ0v) is 15.5. The Kier molecular flexibility index (Phi) is 6.41. The number of hydrogen-bond acceptors (Lipinski definition) is 5. The first-order chi connectivity index (χ1) is 10.8. The van der Waals surface area contributed by atoms with E-state index < -0.39 is 0 Å². The van der Waals surface area contributed by atoms with Crippen molar-refractivity contribution in [1.29, 1.82) is 0 Å². The maximum Gasteiger partial charge on any atom is 0.248 e. The second-order valence-electron chi connectivity index (χ2n) is 7.18. The van der Waals surface area contributed by atoms with Gasteiger partial charge in [0.2, 0.25) is 5.91 Å². The number of rotatable bonds is 7. The highest BCUT2D eigenvalue weighted by atomic mass is 32.1. The third-order valence-corrected chi connectivity index (χ3v) is 4.92. The van der Waals surface area contributed by atoms with E-state index >= 15 is 0 Å². The SMILES string of the molecule is CC(C)CC(CC(C)C)OCC(=O)N1CCc2nc(N)sc2C1. The molecule has 2 N–H and O–H groups in total. The lowest BCUT2D eigenvalue weighted by molar-refractivity contribution is -0.139. The molecule has 0 fully saturated rings. The molecule has 6 heteroatoms. The van der Waals surface area contributed by atoms with Gasteiger partial charge in [-0.2, -0.15) is 0 Å². The van der Waals surface area contributed by atoms with Crippen LogP contribution in [-0.4, -0.2) is 35.0 Å². The lowest BCUT2D eigenvalue weighted by Crippen LogP contribution is -2.38. The van der Waals surface area contributed by atoms with Crippen LogP contribution >= 0.6 is 11.3 Å². The number of anilines is 1. The summed E-state index contributed by atoms with van der Waals surface area (Å²) in [4.78, 5) is 19.7. The van der Waals surface area contributed by atoms with Crippen molar-refractivity contribution in [2.45, 2.75) is 59.6 Å². The fraction of sp³-hybridized carbons (Fsp3) is 0.765. The molecule has 0 aliphatic carbocycles. The van der Waals surface area contributed by atoms with Gasteiger partial charge in [0, 0.05) is 17.8 Å². The minimum atomic E-state index is 0.0696. The zero-order chi connectivity index (χ0) is 17.0. The Morgan fingerprint density at radius 1 is 1.30 bits per heavy atom. The number of nitrogens with two attached hydrogens (primary N) is 1. The van der Waals surface area contributed by atoms with Crippen LogP contribution in [0.15, 0.2) is 0 Å². The van der Waals surface area contributed by atoms with Crippen molar-refractivity contribution in [3.63, 3.8) is 0 Å². The molecule has 2 rings (SSSR count). The normalized spacial score (nSPS) is 14.8. The maximum atomic E-state index is 12.4. The minimum absolute atomic E-state index is 0.0696. The summed E-state index contributed by atoms with van der Waals surface area (Å²) in [7, 11) is 0. The number of fused-ring (bicyclic) bond motifs is 1. The van der Waals surface area contributed by atoms with E-state index in [0.29, 0.717) is 30.1 Å². The number of carbonyl (C=O) groups excluding carboxylic acids is 1. The number of nitrogens with zero attached hydrogens (tertiary/aromatic N) is 2. The maximum absolute atomic E-state index is 12.4. The van der Waals surface area contributed by atoms with Crippen LogP contribution in [0.4, 0.5) is 5.13 Å². The van der Waals surface area contributed by atoms with E-state index in [1.807, 2.05) is 4.90 Å². The van der Waals surface area contributed by atoms with Gasteiger partial charge in [0.1, 0.15) is 6.61 Å². The second-order valence-corrected chi connectivity index (χ2v) is 8.29. The molecule has 1 aliphatic heterocycles. The molecule has 0 atom stereocenters. The highest BCUT2D eigenvalue weighted by molar-refractivity contribution is 7.15. The molecule has 1 aliphatic rings. The van der Waals surface area contributed by atoms with Gasteiger partial charge in [0.25, 0.3) is 0 Å². The molecule has 1 aromatic heterocycles. The molecule has 2 heterocycles. The Labute approximate surface area is 143 Å². The Balaban J connectivity index is 1.86. The Hall–Kier alpha value is -1.14. The molecule has 130 valence electrons. The number of thiazole rings is 1. The predicted octanol–water partition coefficient (Wildman–Crippen LogP) is 3.09. The van der Waals surface area contributed by atoms with E-state index in [1.165, 1.54) is 11.3 Å². The molecule has 0 radical (unpaired) electrons. The molecule has 0 spiro atoms. The number of carbonyl (C=O) groups is 1. The van der Waals surface area contributed by atoms with E-state index in [2.05, 4.69) is 32.7 Å². The van der Waals surface area contributed by atoms with Crippen LogP contribution in [0, 0.1) is 11.8 Å². The van der Waals surface area contributed by atoms with Crippen LogP contribution in [0.5, 0.6) is 0 Å². The molecular weight excluding hydrogens is 310 g/mol. The average Bonchev–Trinajstić information content (AvgIpc) is 2.82. The molecule has 5 nitrogen and oxygen atoms in total. The van der Waals surface area contributed by atoms with Crippen LogP contribution in [0.1, 0.15) is 51.1 Å². The summed E-state index contributed by atoms with van der Waals surface area (Å²) in [6, 6.07) is 0. The standard InChI is InChI=1S/C17H29N3O2S/c1-11(2)7-13(8-12(3)4)22-10-16(21)20-6-5-14-15(9-20)23-17(18)19-14/h11-13H,5-10H2,1-4H3,(H2,18,19). The van der Waals surface area contributed by atoms with E-state index in [0.717, 1.165) is 29.8 Å². The fourth-order valence-electron chi connectivity index (χ4n) is 2.99. The topological polar surface area (TPSA) is 68.5 Å². The van der Waals surface area contributed by atoms with E-state index in [9.17, 15) is 4.79 Å². The van der Waals surface area contributed by atoms with Crippen LogP contribution in [0.25, 0.3) is 0 Å². The summed E-state index contributed by atoms with van der Waals surface area (Å²) in [6.45, 7) is 10.3. The van der Waals surface area contributed by atoms with Gasteiger partial charge in [0.05, 0.1) is 18.3 Å². The Bertz CT molecular complexity index is 518. The molecule has 0 bridgehead atoms. The van der Waals surface area contributed by atoms with Gasteiger partial charge in [-0.25, -0.2) is 4.98 Å². The summed E-state index contributed by atoms with van der Waals surface area (Å²) in [5.74, 6) is 1.22. The van der Waals surface area contributed by atoms with Crippen molar-refractivity contribution in [3.05, 3.63) is 10.6 Å². The molecule has 1 aromatic rings. The zero-order valence-electron chi connectivity index (χ0n) is 14.7. The van der Waals surface area contributed by atoms with Crippen LogP contribution in [0.2, 0.25) is 0 Å². The first kappa shape index (κ1) is 18.2. The van der Waals surface area contributed by atoms with Gasteiger partial charge in [-0.3, -0.25) is 4.79 Å². The van der Waals surface area contributed by atoms with Crippen molar-refractivity contribution in [1.82, 2.24) is 9.88 Å². The van der Waals surface area contributed by atoms with Crippen molar-refractivity contribution in [3.8, 4) is 0 Å². The van der Waals surface area contributed by atoms with Crippen molar-refractivity contribution < 1.29 is 9.53 Å². The average molecular weight is 340 g/mol. The lowest BCUT2D eigenvalue weighted by Gasteiger charge is -2.27. The van der Waals surface area contributed by atoms with Crippen molar-refractivity contribution in [2.24, 2.45) is 11.8 Å². The number of nitrogen functional groups attached to an aromatic ring is 1. The number of amides is 1. The van der Waals surface area contributed by atoms with Crippen LogP contribution in [-0.2, 0) is 22.5 Å².